The fourth-order valence-corrected chi connectivity index (χ4v) is 1.54. The van der Waals surface area contributed by atoms with E-state index in [4.69, 9.17) is 0 Å². The van der Waals surface area contributed by atoms with Crippen LogP contribution in [0.1, 0.15) is 17.2 Å². The molecular formula is C11H12N4. The molecule has 0 bridgehead atoms. The van der Waals surface area contributed by atoms with E-state index in [-0.39, 0.29) is 6.04 Å². The van der Waals surface area contributed by atoms with Gasteiger partial charge in [-0.25, -0.2) is 0 Å². The normalized spacial score (nSPS) is 12.3. The van der Waals surface area contributed by atoms with E-state index >= 15 is 0 Å². The zero-order valence-corrected chi connectivity index (χ0v) is 8.46. The second-order valence-corrected chi connectivity index (χ2v) is 3.18. The molecule has 0 spiro atoms. The molecule has 1 N–H and O–H groups in total. The van der Waals surface area contributed by atoms with Gasteiger partial charge in [0.15, 0.2) is 0 Å². The SMILES string of the molecule is CNC(c1cccnc1)c1ccnnc1. The highest BCUT2D eigenvalue weighted by Gasteiger charge is 2.11. The van der Waals surface area contributed by atoms with Gasteiger partial charge in [-0.05, 0) is 30.3 Å². The highest BCUT2D eigenvalue weighted by molar-refractivity contribution is 5.26. The minimum Gasteiger partial charge on any atom is -0.309 e. The summed E-state index contributed by atoms with van der Waals surface area (Å²) < 4.78 is 0. The molecule has 0 aliphatic rings. The van der Waals surface area contributed by atoms with E-state index in [9.17, 15) is 0 Å². The number of nitrogens with zero attached hydrogens (tertiary/aromatic N) is 3. The standard InChI is InChI=1S/C11H12N4/c1-12-11(9-3-2-5-13-7-9)10-4-6-14-15-8-10/h2-8,11-12H,1H3. The Labute approximate surface area is 88.4 Å². The van der Waals surface area contributed by atoms with E-state index in [1.165, 1.54) is 0 Å². The lowest BCUT2D eigenvalue weighted by molar-refractivity contribution is 0.682. The molecule has 15 heavy (non-hydrogen) atoms. The molecule has 2 aromatic rings. The third kappa shape index (κ3) is 2.16. The lowest BCUT2D eigenvalue weighted by Crippen LogP contribution is -2.17. The molecule has 1 atom stereocenters. The second-order valence-electron chi connectivity index (χ2n) is 3.18. The molecule has 0 amide bonds. The quantitative estimate of drug-likeness (QED) is 0.808. The first kappa shape index (κ1) is 9.73. The van der Waals surface area contributed by atoms with Crippen molar-refractivity contribution in [2.24, 2.45) is 0 Å². The topological polar surface area (TPSA) is 50.7 Å². The summed E-state index contributed by atoms with van der Waals surface area (Å²) in [4.78, 5) is 4.10. The van der Waals surface area contributed by atoms with Gasteiger partial charge in [0.25, 0.3) is 0 Å². The van der Waals surface area contributed by atoms with Crippen molar-refractivity contribution in [1.29, 1.82) is 0 Å². The molecule has 2 heterocycles. The summed E-state index contributed by atoms with van der Waals surface area (Å²) in [5.41, 5.74) is 2.20. The summed E-state index contributed by atoms with van der Waals surface area (Å²) in [5, 5.41) is 10.9. The number of nitrogens with one attached hydrogen (secondary N) is 1. The fraction of sp³-hybridized carbons (Fsp3) is 0.182. The first-order valence-corrected chi connectivity index (χ1v) is 4.75. The van der Waals surface area contributed by atoms with Gasteiger partial charge in [-0.3, -0.25) is 4.98 Å². The zero-order chi connectivity index (χ0) is 10.5. The first-order valence-electron chi connectivity index (χ1n) is 4.75. The summed E-state index contributed by atoms with van der Waals surface area (Å²) in [7, 11) is 1.91. The number of hydrogen-bond acceptors (Lipinski definition) is 4. The molecule has 0 saturated heterocycles. The van der Waals surface area contributed by atoms with Crippen molar-refractivity contribution in [2.45, 2.75) is 6.04 Å². The van der Waals surface area contributed by atoms with Gasteiger partial charge in [0, 0.05) is 18.6 Å². The van der Waals surface area contributed by atoms with Gasteiger partial charge in [0.1, 0.15) is 0 Å². The molecule has 76 valence electrons. The molecule has 0 fully saturated rings. The van der Waals surface area contributed by atoms with Crippen molar-refractivity contribution >= 4 is 0 Å². The molecule has 4 nitrogen and oxygen atoms in total. The van der Waals surface area contributed by atoms with E-state index in [1.54, 1.807) is 18.6 Å². The lowest BCUT2D eigenvalue weighted by atomic mass is 10.0. The van der Waals surface area contributed by atoms with Crippen molar-refractivity contribution in [2.75, 3.05) is 7.05 Å². The van der Waals surface area contributed by atoms with Crippen molar-refractivity contribution in [3.05, 3.63) is 54.1 Å². The van der Waals surface area contributed by atoms with Gasteiger partial charge in [-0.2, -0.15) is 10.2 Å². The van der Waals surface area contributed by atoms with E-state index < -0.39 is 0 Å². The van der Waals surface area contributed by atoms with E-state index in [0.29, 0.717) is 0 Å². The Morgan fingerprint density at radius 1 is 1.07 bits per heavy atom. The van der Waals surface area contributed by atoms with Crippen molar-refractivity contribution < 1.29 is 0 Å². The Bertz CT molecular complexity index is 362. The van der Waals surface area contributed by atoms with E-state index in [1.807, 2.05) is 31.4 Å². The molecule has 2 aromatic heterocycles. The molecule has 0 aliphatic heterocycles. The maximum atomic E-state index is 4.10. The van der Waals surface area contributed by atoms with Gasteiger partial charge < -0.3 is 5.32 Å². The first-order chi connectivity index (χ1) is 7.42. The van der Waals surface area contributed by atoms with Gasteiger partial charge in [-0.1, -0.05) is 6.07 Å². The van der Waals surface area contributed by atoms with Gasteiger partial charge >= 0.3 is 0 Å². The Hall–Kier alpha value is -1.81. The molecule has 0 saturated carbocycles. The Morgan fingerprint density at radius 3 is 2.53 bits per heavy atom. The van der Waals surface area contributed by atoms with Crippen LogP contribution in [0.15, 0.2) is 43.0 Å². The van der Waals surface area contributed by atoms with Crippen LogP contribution in [0.4, 0.5) is 0 Å². The minimum atomic E-state index is 0.120. The van der Waals surface area contributed by atoms with Gasteiger partial charge in [0.2, 0.25) is 0 Å². The number of hydrogen-bond donors (Lipinski definition) is 1. The molecule has 2 rings (SSSR count). The Morgan fingerprint density at radius 2 is 1.93 bits per heavy atom. The van der Waals surface area contributed by atoms with Crippen LogP contribution in [-0.4, -0.2) is 22.2 Å². The Kier molecular flexibility index (Phi) is 2.99. The zero-order valence-electron chi connectivity index (χ0n) is 8.46. The summed E-state index contributed by atoms with van der Waals surface area (Å²) in [5.74, 6) is 0. The predicted octanol–water partition coefficient (Wildman–Crippen LogP) is 1.18. The smallest absolute Gasteiger partial charge is 0.0606 e. The fourth-order valence-electron chi connectivity index (χ4n) is 1.54. The predicted molar refractivity (Wildman–Crippen MR) is 57.2 cm³/mol. The monoisotopic (exact) mass is 200 g/mol. The maximum absolute atomic E-state index is 4.10. The van der Waals surface area contributed by atoms with Crippen molar-refractivity contribution in [3.63, 3.8) is 0 Å². The summed E-state index contributed by atoms with van der Waals surface area (Å²) >= 11 is 0. The Balaban J connectivity index is 2.34. The van der Waals surface area contributed by atoms with Crippen molar-refractivity contribution in [3.8, 4) is 0 Å². The largest absolute Gasteiger partial charge is 0.309 e. The third-order valence-electron chi connectivity index (χ3n) is 2.25. The highest BCUT2D eigenvalue weighted by Crippen LogP contribution is 2.18. The van der Waals surface area contributed by atoms with Gasteiger partial charge in [-0.15, -0.1) is 0 Å². The van der Waals surface area contributed by atoms with Crippen LogP contribution < -0.4 is 5.32 Å². The van der Waals surface area contributed by atoms with Crippen LogP contribution in [0, 0.1) is 0 Å². The highest BCUT2D eigenvalue weighted by atomic mass is 15.1. The summed E-state index contributed by atoms with van der Waals surface area (Å²) in [6, 6.07) is 6.03. The second kappa shape index (κ2) is 4.61. The van der Waals surface area contributed by atoms with Crippen molar-refractivity contribution in [1.82, 2.24) is 20.5 Å². The number of rotatable bonds is 3. The molecule has 0 aliphatic carbocycles. The molecule has 1 unspecified atom stereocenters. The van der Waals surface area contributed by atoms with Crippen LogP contribution >= 0.6 is 0 Å². The van der Waals surface area contributed by atoms with Gasteiger partial charge in [0.05, 0.1) is 12.2 Å². The molecule has 0 radical (unpaired) electrons. The summed E-state index contributed by atoms with van der Waals surface area (Å²) in [6.45, 7) is 0. The van der Waals surface area contributed by atoms with Crippen LogP contribution in [0.5, 0.6) is 0 Å². The average Bonchev–Trinajstić information content (AvgIpc) is 2.33. The molecule has 0 aromatic carbocycles. The van der Waals surface area contributed by atoms with Crippen LogP contribution in [-0.2, 0) is 0 Å². The third-order valence-corrected chi connectivity index (χ3v) is 2.25. The number of aromatic nitrogens is 3. The summed E-state index contributed by atoms with van der Waals surface area (Å²) in [6.07, 6.45) is 7.06. The van der Waals surface area contributed by atoms with Crippen LogP contribution in [0.25, 0.3) is 0 Å². The van der Waals surface area contributed by atoms with E-state index in [0.717, 1.165) is 11.1 Å². The minimum absolute atomic E-state index is 0.120. The van der Waals surface area contributed by atoms with Crippen LogP contribution in [0.3, 0.4) is 0 Å². The molecular weight excluding hydrogens is 188 g/mol. The average molecular weight is 200 g/mol. The maximum Gasteiger partial charge on any atom is 0.0606 e. The molecule has 4 heteroatoms. The van der Waals surface area contributed by atoms with E-state index in [2.05, 4.69) is 20.5 Å². The lowest BCUT2D eigenvalue weighted by Gasteiger charge is -2.15. The number of pyridine rings is 1. The van der Waals surface area contributed by atoms with Crippen LogP contribution in [0.2, 0.25) is 0 Å².